The molecule has 0 aromatic carbocycles. The molecule has 0 aliphatic rings. The van der Waals surface area contributed by atoms with Crippen molar-refractivity contribution in [2.75, 3.05) is 0 Å². The van der Waals surface area contributed by atoms with E-state index in [1.165, 1.54) is 0 Å². The van der Waals surface area contributed by atoms with Gasteiger partial charge >= 0.3 is 0 Å². The molecule has 0 bridgehead atoms. The minimum atomic E-state index is 0.566. The van der Waals surface area contributed by atoms with Crippen LogP contribution in [0.5, 0.6) is 0 Å². The minimum Gasteiger partial charge on any atom is -0.326 e. The van der Waals surface area contributed by atoms with E-state index in [9.17, 15) is 0 Å². The van der Waals surface area contributed by atoms with Gasteiger partial charge in [-0.05, 0) is 25.5 Å². The number of hydrogen-bond donors (Lipinski definition) is 1. The first-order chi connectivity index (χ1) is 6.24. The number of hydrogen-bond acceptors (Lipinski definition) is 2. The van der Waals surface area contributed by atoms with Gasteiger partial charge in [-0.15, -0.1) is 0 Å². The van der Waals surface area contributed by atoms with Crippen LogP contribution in [0.2, 0.25) is 0 Å². The third-order valence-corrected chi connectivity index (χ3v) is 2.32. The second kappa shape index (κ2) is 2.85. The molecule has 0 amide bonds. The van der Waals surface area contributed by atoms with Gasteiger partial charge in [0.1, 0.15) is 5.82 Å². The van der Waals surface area contributed by atoms with E-state index >= 15 is 0 Å². The lowest BCUT2D eigenvalue weighted by Crippen LogP contribution is -1.99. The van der Waals surface area contributed by atoms with Crippen molar-refractivity contribution >= 4 is 5.52 Å². The van der Waals surface area contributed by atoms with E-state index in [0.717, 1.165) is 22.6 Å². The molecule has 13 heavy (non-hydrogen) atoms. The molecule has 0 aliphatic carbocycles. The van der Waals surface area contributed by atoms with Gasteiger partial charge < -0.3 is 10.1 Å². The molecule has 2 aromatic rings. The highest BCUT2D eigenvalue weighted by Crippen LogP contribution is 2.16. The van der Waals surface area contributed by atoms with Crippen LogP contribution in [-0.2, 0) is 6.54 Å². The molecule has 3 nitrogen and oxygen atoms in total. The Morgan fingerprint density at radius 3 is 2.92 bits per heavy atom. The molecular weight excluding hydrogens is 162 g/mol. The summed E-state index contributed by atoms with van der Waals surface area (Å²) in [4.78, 5) is 4.41. The number of nitrogens with zero attached hydrogens (tertiary/aromatic N) is 2. The zero-order valence-corrected chi connectivity index (χ0v) is 7.91. The summed E-state index contributed by atoms with van der Waals surface area (Å²) < 4.78 is 2.08. The van der Waals surface area contributed by atoms with Crippen LogP contribution in [0.3, 0.4) is 0 Å². The molecule has 2 heterocycles. The summed E-state index contributed by atoms with van der Waals surface area (Å²) in [6, 6.07) is 4.05. The highest BCUT2D eigenvalue weighted by atomic mass is 15.0. The van der Waals surface area contributed by atoms with Crippen LogP contribution in [0.4, 0.5) is 0 Å². The van der Waals surface area contributed by atoms with Gasteiger partial charge in [0.2, 0.25) is 0 Å². The van der Waals surface area contributed by atoms with E-state index in [-0.39, 0.29) is 0 Å². The highest BCUT2D eigenvalue weighted by molar-refractivity contribution is 5.59. The fourth-order valence-electron chi connectivity index (χ4n) is 1.74. The molecule has 0 unspecified atom stereocenters. The van der Waals surface area contributed by atoms with Gasteiger partial charge in [-0.2, -0.15) is 0 Å². The number of aromatic nitrogens is 2. The number of fused-ring (bicyclic) bond motifs is 1. The molecule has 0 fully saturated rings. The molecule has 0 spiro atoms. The smallest absolute Gasteiger partial charge is 0.110 e. The molecule has 0 radical (unpaired) electrons. The first kappa shape index (κ1) is 8.26. The van der Waals surface area contributed by atoms with Gasteiger partial charge in [-0.1, -0.05) is 6.07 Å². The summed E-state index contributed by atoms with van der Waals surface area (Å²) in [7, 11) is 0. The largest absolute Gasteiger partial charge is 0.326 e. The van der Waals surface area contributed by atoms with Crippen LogP contribution in [0.15, 0.2) is 18.3 Å². The summed E-state index contributed by atoms with van der Waals surface area (Å²) in [5, 5.41) is 0. The third kappa shape index (κ3) is 1.12. The quantitative estimate of drug-likeness (QED) is 0.712. The van der Waals surface area contributed by atoms with Crippen LogP contribution in [0, 0.1) is 13.8 Å². The Morgan fingerprint density at radius 2 is 2.23 bits per heavy atom. The fraction of sp³-hybridized carbons (Fsp3) is 0.300. The maximum Gasteiger partial charge on any atom is 0.110 e. The first-order valence-corrected chi connectivity index (χ1v) is 4.37. The molecule has 2 rings (SSSR count). The van der Waals surface area contributed by atoms with E-state index in [1.807, 2.05) is 32.2 Å². The van der Waals surface area contributed by atoms with Crippen molar-refractivity contribution in [3.8, 4) is 0 Å². The molecule has 2 N–H and O–H groups in total. The first-order valence-electron chi connectivity index (χ1n) is 4.37. The lowest BCUT2D eigenvalue weighted by molar-refractivity contribution is 1.01. The van der Waals surface area contributed by atoms with Gasteiger partial charge in [0, 0.05) is 12.7 Å². The average Bonchev–Trinajstić information content (AvgIpc) is 2.43. The van der Waals surface area contributed by atoms with Crippen molar-refractivity contribution in [3.63, 3.8) is 0 Å². The van der Waals surface area contributed by atoms with E-state index < -0.39 is 0 Å². The van der Waals surface area contributed by atoms with Crippen molar-refractivity contribution in [3.05, 3.63) is 35.4 Å². The van der Waals surface area contributed by atoms with E-state index in [4.69, 9.17) is 5.73 Å². The van der Waals surface area contributed by atoms with E-state index in [2.05, 4.69) is 9.38 Å². The molecule has 0 atom stereocenters. The van der Waals surface area contributed by atoms with Crippen LogP contribution < -0.4 is 5.73 Å². The molecule has 0 saturated heterocycles. The van der Waals surface area contributed by atoms with Crippen molar-refractivity contribution in [1.29, 1.82) is 0 Å². The molecule has 0 saturated carbocycles. The number of pyridine rings is 1. The van der Waals surface area contributed by atoms with E-state index in [1.54, 1.807) is 0 Å². The Morgan fingerprint density at radius 1 is 1.46 bits per heavy atom. The summed E-state index contributed by atoms with van der Waals surface area (Å²) in [6.07, 6.45) is 2.02. The van der Waals surface area contributed by atoms with Crippen LogP contribution in [0.1, 0.15) is 17.1 Å². The standard InChI is InChI=1S/C10H13N3/c1-7-10-9(6-11)4-3-5-13(10)8(2)12-7/h3-5H,6,11H2,1-2H3. The lowest BCUT2D eigenvalue weighted by Gasteiger charge is -2.01. The summed E-state index contributed by atoms with van der Waals surface area (Å²) in [5.74, 6) is 1.02. The van der Waals surface area contributed by atoms with Crippen molar-refractivity contribution in [1.82, 2.24) is 9.38 Å². The average molecular weight is 175 g/mol. The van der Waals surface area contributed by atoms with Gasteiger partial charge in [0.15, 0.2) is 0 Å². The van der Waals surface area contributed by atoms with Crippen LogP contribution in [-0.4, -0.2) is 9.38 Å². The predicted octanol–water partition coefficient (Wildman–Crippen LogP) is 1.41. The normalized spacial score (nSPS) is 11.0. The van der Waals surface area contributed by atoms with Gasteiger partial charge in [-0.3, -0.25) is 0 Å². The monoisotopic (exact) mass is 175 g/mol. The Bertz CT molecular complexity index is 443. The zero-order valence-electron chi connectivity index (χ0n) is 7.91. The zero-order chi connectivity index (χ0) is 9.42. The second-order valence-electron chi connectivity index (χ2n) is 3.20. The SMILES string of the molecule is Cc1nc(C)n2cccc(CN)c12. The number of imidazole rings is 1. The fourth-order valence-corrected chi connectivity index (χ4v) is 1.74. The van der Waals surface area contributed by atoms with E-state index in [0.29, 0.717) is 6.54 Å². The Labute approximate surface area is 77.2 Å². The van der Waals surface area contributed by atoms with Crippen molar-refractivity contribution < 1.29 is 0 Å². The van der Waals surface area contributed by atoms with Crippen LogP contribution >= 0.6 is 0 Å². The summed E-state index contributed by atoms with van der Waals surface area (Å²) >= 11 is 0. The molecular formula is C10H13N3. The topological polar surface area (TPSA) is 43.3 Å². The second-order valence-corrected chi connectivity index (χ2v) is 3.20. The third-order valence-electron chi connectivity index (χ3n) is 2.32. The van der Waals surface area contributed by atoms with Gasteiger partial charge in [0.05, 0.1) is 11.2 Å². The number of aryl methyl sites for hydroxylation is 2. The summed E-state index contributed by atoms with van der Waals surface area (Å²) in [6.45, 7) is 4.58. The molecule has 3 heteroatoms. The Balaban J connectivity index is 2.88. The molecule has 2 aromatic heterocycles. The maximum absolute atomic E-state index is 5.65. The highest BCUT2D eigenvalue weighted by Gasteiger charge is 2.06. The lowest BCUT2D eigenvalue weighted by atomic mass is 10.2. The molecule has 68 valence electrons. The number of nitrogens with two attached hydrogens (primary N) is 1. The Hall–Kier alpha value is -1.35. The van der Waals surface area contributed by atoms with Crippen molar-refractivity contribution in [2.45, 2.75) is 20.4 Å². The van der Waals surface area contributed by atoms with Gasteiger partial charge in [-0.25, -0.2) is 4.98 Å². The number of rotatable bonds is 1. The van der Waals surface area contributed by atoms with Crippen LogP contribution in [0.25, 0.3) is 5.52 Å². The summed E-state index contributed by atoms with van der Waals surface area (Å²) in [5.41, 5.74) is 9.02. The Kier molecular flexibility index (Phi) is 1.81. The van der Waals surface area contributed by atoms with Gasteiger partial charge in [0.25, 0.3) is 0 Å². The predicted molar refractivity (Wildman–Crippen MR) is 52.6 cm³/mol. The molecule has 0 aliphatic heterocycles. The minimum absolute atomic E-state index is 0.566. The maximum atomic E-state index is 5.65. The van der Waals surface area contributed by atoms with Crippen molar-refractivity contribution in [2.24, 2.45) is 5.73 Å².